The Labute approximate surface area is 279 Å². The molecule has 4 aliphatic heterocycles. The van der Waals surface area contributed by atoms with Crippen LogP contribution in [0, 0.1) is 11.8 Å². The van der Waals surface area contributed by atoms with Crippen LogP contribution in [-0.4, -0.2) is 81.0 Å². The molecule has 4 heterocycles. The molecule has 2 saturated heterocycles. The number of methoxy groups -OCH3 is 1. The summed E-state index contributed by atoms with van der Waals surface area (Å²) in [6.07, 6.45) is 8.47. The Morgan fingerprint density at radius 3 is 2.15 bits per heavy atom. The van der Waals surface area contributed by atoms with Crippen LogP contribution in [0.4, 0.5) is 5.69 Å². The molecule has 7 rings (SSSR count). The second-order valence-electron chi connectivity index (χ2n) is 12.9. The summed E-state index contributed by atoms with van der Waals surface area (Å²) in [4.78, 5) is 49.8. The van der Waals surface area contributed by atoms with Crippen molar-refractivity contribution in [2.45, 2.75) is 41.5 Å². The average molecular weight is 650 g/mol. The standard InChI is InChI=1S/C38H39N3O5S/c1-37-19-9-21-39(24-27-13-7-4-8-14-27)34(43)31(37)32-35(44)41(29(25-42)23-26-11-5-3-6-12-26)33-36(45)40(22-10-20-38(32,33)47-37)28-15-17-30(46-2)18-16-28/h3-20,29,31-33,42H,21-25H2,1-2H3/t29-,31+,32+,33?,37-,38+/m1/s1. The zero-order valence-corrected chi connectivity index (χ0v) is 27.4. The molecular weight excluding hydrogens is 611 g/mol. The number of amides is 3. The van der Waals surface area contributed by atoms with Crippen LogP contribution in [0.5, 0.6) is 5.75 Å². The van der Waals surface area contributed by atoms with Gasteiger partial charge in [0.15, 0.2) is 0 Å². The molecular formula is C38H39N3O5S. The lowest BCUT2D eigenvalue weighted by Crippen LogP contribution is -2.57. The van der Waals surface area contributed by atoms with Crippen molar-refractivity contribution in [3.8, 4) is 5.75 Å². The molecule has 0 aliphatic carbocycles. The largest absolute Gasteiger partial charge is 0.497 e. The zero-order valence-electron chi connectivity index (χ0n) is 26.6. The third-order valence-electron chi connectivity index (χ3n) is 10.1. The number of rotatable bonds is 8. The number of aliphatic hydroxyl groups excluding tert-OH is 1. The number of thioether (sulfide) groups is 1. The normalized spacial score (nSPS) is 28.9. The summed E-state index contributed by atoms with van der Waals surface area (Å²) in [7, 11) is 1.60. The quantitative estimate of drug-likeness (QED) is 0.362. The lowest BCUT2D eigenvalue weighted by atomic mass is 9.74. The second-order valence-corrected chi connectivity index (χ2v) is 14.7. The monoisotopic (exact) mass is 649 g/mol. The minimum absolute atomic E-state index is 0.0922. The van der Waals surface area contributed by atoms with E-state index >= 15 is 4.79 Å². The first-order valence-electron chi connectivity index (χ1n) is 16.1. The third-order valence-corrected chi connectivity index (χ3v) is 11.9. The summed E-state index contributed by atoms with van der Waals surface area (Å²) in [6, 6.07) is 25.3. The van der Waals surface area contributed by atoms with E-state index in [-0.39, 0.29) is 24.3 Å². The number of fused-ring (bicyclic) bond motifs is 2. The highest BCUT2D eigenvalue weighted by molar-refractivity contribution is 8.02. The van der Waals surface area contributed by atoms with Gasteiger partial charge in [-0.3, -0.25) is 14.4 Å². The number of aliphatic hydroxyl groups is 1. The van der Waals surface area contributed by atoms with E-state index in [9.17, 15) is 14.7 Å². The maximum atomic E-state index is 15.0. The van der Waals surface area contributed by atoms with Crippen molar-refractivity contribution in [3.05, 3.63) is 120 Å². The number of carbonyl (C=O) groups is 3. The number of hydrogen-bond acceptors (Lipinski definition) is 6. The molecule has 242 valence electrons. The van der Waals surface area contributed by atoms with Crippen molar-refractivity contribution in [2.24, 2.45) is 11.8 Å². The number of ether oxygens (including phenoxy) is 1. The summed E-state index contributed by atoms with van der Waals surface area (Å²) in [5, 5.41) is 10.9. The fourth-order valence-electron chi connectivity index (χ4n) is 7.98. The van der Waals surface area contributed by atoms with Gasteiger partial charge in [-0.15, -0.1) is 11.8 Å². The predicted molar refractivity (Wildman–Crippen MR) is 183 cm³/mol. The number of anilines is 1. The molecule has 1 N–H and O–H groups in total. The second kappa shape index (κ2) is 12.4. The molecule has 1 unspecified atom stereocenters. The first-order chi connectivity index (χ1) is 22.8. The minimum Gasteiger partial charge on any atom is -0.497 e. The highest BCUT2D eigenvalue weighted by Crippen LogP contribution is 2.66. The van der Waals surface area contributed by atoms with Crippen molar-refractivity contribution in [1.29, 1.82) is 0 Å². The van der Waals surface area contributed by atoms with E-state index in [0.29, 0.717) is 37.5 Å². The smallest absolute Gasteiger partial charge is 0.251 e. The molecule has 1 spiro atoms. The molecule has 4 aliphatic rings. The molecule has 3 aromatic carbocycles. The summed E-state index contributed by atoms with van der Waals surface area (Å²) in [5.41, 5.74) is 2.65. The SMILES string of the molecule is COc1ccc(N2CC=C[C@]34S[C@]5(C)C=CCN(Cc6ccccc6)C(=O)[C@@H]5[C@H]3C(=O)N([C@@H](CO)Cc3ccccc3)C4C2=O)cc1. The predicted octanol–water partition coefficient (Wildman–Crippen LogP) is 4.49. The number of nitrogens with zero attached hydrogens (tertiary/aromatic N) is 3. The van der Waals surface area contributed by atoms with E-state index in [2.05, 4.69) is 6.08 Å². The molecule has 6 atom stereocenters. The van der Waals surface area contributed by atoms with E-state index in [0.717, 1.165) is 11.1 Å². The van der Waals surface area contributed by atoms with Crippen molar-refractivity contribution >= 4 is 35.2 Å². The lowest BCUT2D eigenvalue weighted by molar-refractivity contribution is -0.145. The van der Waals surface area contributed by atoms with Gasteiger partial charge in [-0.2, -0.15) is 0 Å². The van der Waals surface area contributed by atoms with Gasteiger partial charge in [0, 0.05) is 30.1 Å². The molecule has 9 heteroatoms. The van der Waals surface area contributed by atoms with E-state index in [1.54, 1.807) is 28.7 Å². The van der Waals surface area contributed by atoms with Gasteiger partial charge in [-0.25, -0.2) is 0 Å². The molecule has 0 bridgehead atoms. The van der Waals surface area contributed by atoms with Crippen LogP contribution in [0.15, 0.2) is 109 Å². The molecule has 3 aromatic rings. The fourth-order valence-corrected chi connectivity index (χ4v) is 10.1. The molecule has 2 fully saturated rings. The first-order valence-corrected chi connectivity index (χ1v) is 16.9. The summed E-state index contributed by atoms with van der Waals surface area (Å²) >= 11 is 1.55. The molecule has 0 radical (unpaired) electrons. The van der Waals surface area contributed by atoms with Crippen molar-refractivity contribution < 1.29 is 24.2 Å². The van der Waals surface area contributed by atoms with Crippen LogP contribution in [0.2, 0.25) is 0 Å². The van der Waals surface area contributed by atoms with Gasteiger partial charge >= 0.3 is 0 Å². The van der Waals surface area contributed by atoms with Gasteiger partial charge in [-0.05, 0) is 48.7 Å². The van der Waals surface area contributed by atoms with Gasteiger partial charge in [0.2, 0.25) is 11.8 Å². The van der Waals surface area contributed by atoms with Crippen molar-refractivity contribution in [1.82, 2.24) is 9.80 Å². The van der Waals surface area contributed by atoms with E-state index in [4.69, 9.17) is 4.74 Å². The number of benzene rings is 3. The Kier molecular flexibility index (Phi) is 8.22. The average Bonchev–Trinajstić information content (AvgIpc) is 3.37. The number of hydrogen-bond donors (Lipinski definition) is 1. The maximum absolute atomic E-state index is 15.0. The van der Waals surface area contributed by atoms with Crippen LogP contribution in [0.1, 0.15) is 18.1 Å². The summed E-state index contributed by atoms with van der Waals surface area (Å²) in [5.74, 6) is -1.40. The highest BCUT2D eigenvalue weighted by atomic mass is 32.2. The van der Waals surface area contributed by atoms with Crippen LogP contribution >= 0.6 is 11.8 Å². The van der Waals surface area contributed by atoms with E-state index in [1.807, 2.05) is 115 Å². The van der Waals surface area contributed by atoms with Crippen LogP contribution in [0.3, 0.4) is 0 Å². The number of likely N-dealkylation sites (tertiary alicyclic amines) is 1. The summed E-state index contributed by atoms with van der Waals surface area (Å²) < 4.78 is 3.61. The van der Waals surface area contributed by atoms with E-state index < -0.39 is 33.4 Å². The van der Waals surface area contributed by atoms with Gasteiger partial charge in [0.05, 0.1) is 36.3 Å². The Hall–Kier alpha value is -4.34. The maximum Gasteiger partial charge on any atom is 0.251 e. The Bertz CT molecular complexity index is 1710. The fraction of sp³-hybridized carbons (Fsp3) is 0.342. The van der Waals surface area contributed by atoms with Gasteiger partial charge in [-0.1, -0.05) is 85.0 Å². The zero-order chi connectivity index (χ0) is 32.8. The molecule has 47 heavy (non-hydrogen) atoms. The van der Waals surface area contributed by atoms with Crippen LogP contribution < -0.4 is 9.64 Å². The summed E-state index contributed by atoms with van der Waals surface area (Å²) in [6.45, 7) is 2.89. The molecule has 8 nitrogen and oxygen atoms in total. The molecule has 3 amide bonds. The number of carbonyl (C=O) groups excluding carboxylic acids is 3. The van der Waals surface area contributed by atoms with Crippen molar-refractivity contribution in [2.75, 3.05) is 31.7 Å². The van der Waals surface area contributed by atoms with Crippen LogP contribution in [0.25, 0.3) is 0 Å². The highest BCUT2D eigenvalue weighted by Gasteiger charge is 2.74. The van der Waals surface area contributed by atoms with Gasteiger partial charge in [0.25, 0.3) is 5.91 Å². The van der Waals surface area contributed by atoms with E-state index in [1.165, 1.54) is 0 Å². The van der Waals surface area contributed by atoms with Gasteiger partial charge < -0.3 is 24.5 Å². The third kappa shape index (κ3) is 5.26. The Balaban J connectivity index is 1.33. The molecule has 0 saturated carbocycles. The lowest BCUT2D eigenvalue weighted by Gasteiger charge is -2.40. The van der Waals surface area contributed by atoms with Crippen LogP contribution in [-0.2, 0) is 27.3 Å². The minimum atomic E-state index is -1.02. The Morgan fingerprint density at radius 2 is 1.49 bits per heavy atom. The Morgan fingerprint density at radius 1 is 0.830 bits per heavy atom. The topological polar surface area (TPSA) is 90.4 Å². The first kappa shape index (κ1) is 31.3. The van der Waals surface area contributed by atoms with Crippen molar-refractivity contribution in [3.63, 3.8) is 0 Å². The molecule has 0 aromatic heterocycles. The van der Waals surface area contributed by atoms with Gasteiger partial charge in [0.1, 0.15) is 11.8 Å².